The Morgan fingerprint density at radius 2 is 2.05 bits per heavy atom. The Morgan fingerprint density at radius 3 is 2.85 bits per heavy atom. The average molecular weight is 271 g/mol. The first-order valence-electron chi connectivity index (χ1n) is 6.87. The molecular formula is C17H18FNO. The minimum atomic E-state index is -0.229. The zero-order valence-electron chi connectivity index (χ0n) is 11.5. The van der Waals surface area contributed by atoms with E-state index < -0.39 is 0 Å². The Hall–Kier alpha value is -1.87. The Labute approximate surface area is 118 Å². The molecule has 104 valence electrons. The summed E-state index contributed by atoms with van der Waals surface area (Å²) in [6, 6.07) is 12.8. The van der Waals surface area contributed by atoms with Crippen LogP contribution in [0.25, 0.3) is 0 Å². The summed E-state index contributed by atoms with van der Waals surface area (Å²) in [5.41, 5.74) is 9.23. The molecule has 2 nitrogen and oxygen atoms in total. The van der Waals surface area contributed by atoms with Crippen molar-refractivity contribution in [3.63, 3.8) is 0 Å². The predicted octanol–water partition coefficient (Wildman–Crippen LogP) is 3.39. The molecule has 1 aliphatic rings. The summed E-state index contributed by atoms with van der Waals surface area (Å²) in [4.78, 5) is 0. The van der Waals surface area contributed by atoms with E-state index in [2.05, 4.69) is 6.07 Å². The minimum Gasteiger partial charge on any atom is -0.493 e. The van der Waals surface area contributed by atoms with Gasteiger partial charge >= 0.3 is 0 Å². The molecule has 3 heteroatoms. The van der Waals surface area contributed by atoms with E-state index in [1.807, 2.05) is 31.2 Å². The summed E-state index contributed by atoms with van der Waals surface area (Å²) < 4.78 is 19.3. The second kappa shape index (κ2) is 5.25. The molecule has 0 amide bonds. The van der Waals surface area contributed by atoms with Crippen molar-refractivity contribution in [1.29, 1.82) is 0 Å². The van der Waals surface area contributed by atoms with Crippen LogP contribution in [-0.2, 0) is 6.42 Å². The first kappa shape index (κ1) is 13.1. The van der Waals surface area contributed by atoms with Crippen LogP contribution in [0.15, 0.2) is 42.5 Å². The summed E-state index contributed by atoms with van der Waals surface area (Å²) in [5.74, 6) is 0.880. The monoisotopic (exact) mass is 271 g/mol. The molecular weight excluding hydrogens is 253 g/mol. The lowest BCUT2D eigenvalue weighted by Gasteiger charge is -2.30. The van der Waals surface area contributed by atoms with E-state index in [0.717, 1.165) is 23.3 Å². The highest BCUT2D eigenvalue weighted by atomic mass is 19.1. The van der Waals surface area contributed by atoms with E-state index in [1.165, 1.54) is 17.7 Å². The number of hydrogen-bond acceptors (Lipinski definition) is 2. The summed E-state index contributed by atoms with van der Waals surface area (Å²) in [6.07, 6.45) is 0.868. The Balaban J connectivity index is 1.83. The minimum absolute atomic E-state index is 0.172. The van der Waals surface area contributed by atoms with Crippen molar-refractivity contribution in [2.24, 2.45) is 11.7 Å². The van der Waals surface area contributed by atoms with Crippen LogP contribution in [0.3, 0.4) is 0 Å². The molecule has 2 unspecified atom stereocenters. The van der Waals surface area contributed by atoms with Gasteiger partial charge in [-0.25, -0.2) is 4.39 Å². The van der Waals surface area contributed by atoms with Crippen LogP contribution in [-0.4, -0.2) is 6.61 Å². The normalized spacial score (nSPS) is 19.1. The molecule has 1 heterocycles. The van der Waals surface area contributed by atoms with Crippen LogP contribution >= 0.6 is 0 Å². The molecule has 2 aromatic carbocycles. The van der Waals surface area contributed by atoms with E-state index in [-0.39, 0.29) is 17.8 Å². The first-order valence-corrected chi connectivity index (χ1v) is 6.87. The molecule has 0 fully saturated rings. The zero-order chi connectivity index (χ0) is 14.1. The number of nitrogens with two attached hydrogens (primary N) is 1. The van der Waals surface area contributed by atoms with Gasteiger partial charge in [-0.3, -0.25) is 0 Å². The van der Waals surface area contributed by atoms with Gasteiger partial charge in [-0.2, -0.15) is 0 Å². The van der Waals surface area contributed by atoms with E-state index in [4.69, 9.17) is 10.5 Å². The van der Waals surface area contributed by atoms with Crippen LogP contribution in [0.1, 0.15) is 22.7 Å². The quantitative estimate of drug-likeness (QED) is 0.908. The van der Waals surface area contributed by atoms with Gasteiger partial charge < -0.3 is 10.5 Å². The number of halogens is 1. The molecule has 2 atom stereocenters. The number of fused-ring (bicyclic) bond motifs is 1. The van der Waals surface area contributed by atoms with Gasteiger partial charge in [0.05, 0.1) is 6.61 Å². The van der Waals surface area contributed by atoms with Crippen molar-refractivity contribution < 1.29 is 9.13 Å². The summed E-state index contributed by atoms with van der Waals surface area (Å²) in [5, 5.41) is 0. The fourth-order valence-electron chi connectivity index (χ4n) is 2.81. The number of rotatable bonds is 2. The molecule has 2 aromatic rings. The number of hydrogen-bond donors (Lipinski definition) is 1. The molecule has 0 radical (unpaired) electrons. The second-order valence-corrected chi connectivity index (χ2v) is 5.47. The standard InChI is InChI=1S/C17H18FNO/c1-11-6-13(9-15(18)7-11)17(19)14-8-12-4-2-3-5-16(12)20-10-14/h2-7,9,14,17H,8,10,19H2,1H3. The van der Waals surface area contributed by atoms with Crippen molar-refractivity contribution in [3.8, 4) is 5.75 Å². The molecule has 0 saturated heterocycles. The van der Waals surface area contributed by atoms with Crippen molar-refractivity contribution in [3.05, 3.63) is 65.0 Å². The van der Waals surface area contributed by atoms with Gasteiger partial charge in [0, 0.05) is 12.0 Å². The third-order valence-corrected chi connectivity index (χ3v) is 3.86. The van der Waals surface area contributed by atoms with Crippen LogP contribution in [0.5, 0.6) is 5.75 Å². The lowest BCUT2D eigenvalue weighted by molar-refractivity contribution is 0.200. The van der Waals surface area contributed by atoms with Gasteiger partial charge in [-0.05, 0) is 48.2 Å². The van der Waals surface area contributed by atoms with Crippen LogP contribution in [0.2, 0.25) is 0 Å². The highest BCUT2D eigenvalue weighted by Gasteiger charge is 2.26. The van der Waals surface area contributed by atoms with Crippen molar-refractivity contribution >= 4 is 0 Å². The van der Waals surface area contributed by atoms with Crippen molar-refractivity contribution in [1.82, 2.24) is 0 Å². The van der Waals surface area contributed by atoms with Gasteiger partial charge in [-0.1, -0.05) is 24.3 Å². The fourth-order valence-corrected chi connectivity index (χ4v) is 2.81. The summed E-state index contributed by atoms with van der Waals surface area (Å²) in [6.45, 7) is 2.46. The van der Waals surface area contributed by atoms with E-state index >= 15 is 0 Å². The van der Waals surface area contributed by atoms with E-state index in [1.54, 1.807) is 0 Å². The smallest absolute Gasteiger partial charge is 0.123 e. The summed E-state index contributed by atoms with van der Waals surface area (Å²) >= 11 is 0. The van der Waals surface area contributed by atoms with E-state index in [0.29, 0.717) is 6.61 Å². The lowest BCUT2D eigenvalue weighted by atomic mass is 9.86. The molecule has 20 heavy (non-hydrogen) atoms. The lowest BCUT2D eigenvalue weighted by Crippen LogP contribution is -2.31. The van der Waals surface area contributed by atoms with Crippen molar-refractivity contribution in [2.75, 3.05) is 6.61 Å². The largest absolute Gasteiger partial charge is 0.493 e. The maximum absolute atomic E-state index is 13.5. The first-order chi connectivity index (χ1) is 9.63. The van der Waals surface area contributed by atoms with Gasteiger partial charge in [0.1, 0.15) is 11.6 Å². The fraction of sp³-hybridized carbons (Fsp3) is 0.294. The Morgan fingerprint density at radius 1 is 1.25 bits per heavy atom. The third kappa shape index (κ3) is 2.54. The Kier molecular flexibility index (Phi) is 3.45. The summed E-state index contributed by atoms with van der Waals surface area (Å²) in [7, 11) is 0. The molecule has 0 spiro atoms. The number of aryl methyl sites for hydroxylation is 1. The topological polar surface area (TPSA) is 35.2 Å². The van der Waals surface area contributed by atoms with Gasteiger partial charge in [0.2, 0.25) is 0 Å². The van der Waals surface area contributed by atoms with E-state index in [9.17, 15) is 4.39 Å². The highest BCUT2D eigenvalue weighted by molar-refractivity contribution is 5.36. The molecule has 0 aliphatic carbocycles. The number of benzene rings is 2. The molecule has 0 aromatic heterocycles. The van der Waals surface area contributed by atoms with Crippen molar-refractivity contribution in [2.45, 2.75) is 19.4 Å². The van der Waals surface area contributed by atoms with Crippen LogP contribution < -0.4 is 10.5 Å². The molecule has 0 bridgehead atoms. The number of para-hydroxylation sites is 1. The van der Waals surface area contributed by atoms with Gasteiger partial charge in [0.25, 0.3) is 0 Å². The predicted molar refractivity (Wildman–Crippen MR) is 77.2 cm³/mol. The Bertz CT molecular complexity index is 606. The molecule has 2 N–H and O–H groups in total. The van der Waals surface area contributed by atoms with Crippen LogP contribution in [0, 0.1) is 18.7 Å². The molecule has 1 aliphatic heterocycles. The molecule has 3 rings (SSSR count). The van der Waals surface area contributed by atoms with Gasteiger partial charge in [-0.15, -0.1) is 0 Å². The van der Waals surface area contributed by atoms with Crippen LogP contribution in [0.4, 0.5) is 4.39 Å². The SMILES string of the molecule is Cc1cc(F)cc(C(N)C2COc3ccccc3C2)c1. The average Bonchev–Trinajstić information content (AvgIpc) is 2.45. The number of ether oxygens (including phenoxy) is 1. The highest BCUT2D eigenvalue weighted by Crippen LogP contribution is 2.32. The second-order valence-electron chi connectivity index (χ2n) is 5.47. The molecule has 0 saturated carbocycles. The third-order valence-electron chi connectivity index (χ3n) is 3.86. The van der Waals surface area contributed by atoms with Gasteiger partial charge in [0.15, 0.2) is 0 Å². The maximum Gasteiger partial charge on any atom is 0.123 e. The maximum atomic E-state index is 13.5. The zero-order valence-corrected chi connectivity index (χ0v) is 11.5.